The van der Waals surface area contributed by atoms with Gasteiger partial charge in [-0.15, -0.1) is 0 Å². The number of hydrogen-bond acceptors (Lipinski definition) is 3. The van der Waals surface area contributed by atoms with E-state index in [0.717, 1.165) is 6.42 Å². The van der Waals surface area contributed by atoms with E-state index in [1.807, 2.05) is 0 Å². The zero-order valence-electron chi connectivity index (χ0n) is 9.29. The van der Waals surface area contributed by atoms with E-state index >= 15 is 0 Å². The average molecular weight is 226 g/mol. The van der Waals surface area contributed by atoms with Crippen LogP contribution < -0.4 is 10.6 Å². The molecule has 0 aromatic heterocycles. The second kappa shape index (κ2) is 4.41. The highest BCUT2D eigenvalue weighted by molar-refractivity contribution is 5.87. The third kappa shape index (κ3) is 2.52. The van der Waals surface area contributed by atoms with E-state index in [0.29, 0.717) is 31.8 Å². The molecule has 0 heterocycles. The van der Waals surface area contributed by atoms with Crippen LogP contribution in [0.3, 0.4) is 0 Å². The molecule has 16 heavy (non-hydrogen) atoms. The number of carbonyl (C=O) groups is 2. The molecule has 5 heteroatoms. The van der Waals surface area contributed by atoms with Crippen LogP contribution in [0.15, 0.2) is 0 Å². The van der Waals surface area contributed by atoms with Gasteiger partial charge < -0.3 is 15.7 Å². The standard InChI is InChI=1S/C11H18N2O3/c14-9(4-7-12-8-2-3-8)13-11(10(15)16)5-1-6-11/h8,12H,1-7H2,(H,13,14)(H,15,16). The van der Waals surface area contributed by atoms with Gasteiger partial charge in [-0.05, 0) is 32.1 Å². The number of nitrogens with one attached hydrogen (secondary N) is 2. The van der Waals surface area contributed by atoms with E-state index in [1.54, 1.807) is 0 Å². The summed E-state index contributed by atoms with van der Waals surface area (Å²) in [5.41, 5.74) is -0.962. The molecule has 90 valence electrons. The zero-order chi connectivity index (χ0) is 11.6. The molecule has 1 amide bonds. The summed E-state index contributed by atoms with van der Waals surface area (Å²) in [6.45, 7) is 0.645. The molecule has 0 saturated heterocycles. The van der Waals surface area contributed by atoms with E-state index in [1.165, 1.54) is 12.8 Å². The second-order valence-electron chi connectivity index (χ2n) is 4.77. The Balaban J connectivity index is 1.70. The number of amides is 1. The first kappa shape index (κ1) is 11.4. The van der Waals surface area contributed by atoms with Crippen LogP contribution in [0.2, 0.25) is 0 Å². The summed E-state index contributed by atoms with van der Waals surface area (Å²) in [4.78, 5) is 22.5. The van der Waals surface area contributed by atoms with Crippen molar-refractivity contribution >= 4 is 11.9 Å². The van der Waals surface area contributed by atoms with Crippen molar-refractivity contribution in [1.82, 2.24) is 10.6 Å². The second-order valence-corrected chi connectivity index (χ2v) is 4.77. The van der Waals surface area contributed by atoms with Gasteiger partial charge in [-0.1, -0.05) is 0 Å². The minimum absolute atomic E-state index is 0.157. The van der Waals surface area contributed by atoms with Crippen molar-refractivity contribution in [2.45, 2.75) is 50.1 Å². The topological polar surface area (TPSA) is 78.4 Å². The Morgan fingerprint density at radius 1 is 1.31 bits per heavy atom. The fourth-order valence-electron chi connectivity index (χ4n) is 1.93. The highest BCUT2D eigenvalue weighted by atomic mass is 16.4. The summed E-state index contributed by atoms with van der Waals surface area (Å²) >= 11 is 0. The Bertz CT molecular complexity index is 296. The molecule has 0 radical (unpaired) electrons. The van der Waals surface area contributed by atoms with E-state index < -0.39 is 11.5 Å². The molecule has 0 aliphatic heterocycles. The van der Waals surface area contributed by atoms with Crippen molar-refractivity contribution in [2.24, 2.45) is 0 Å². The molecule has 0 aromatic carbocycles. The van der Waals surface area contributed by atoms with E-state index in [4.69, 9.17) is 5.11 Å². The fourth-order valence-corrected chi connectivity index (χ4v) is 1.93. The summed E-state index contributed by atoms with van der Waals surface area (Å²) in [5, 5.41) is 14.9. The monoisotopic (exact) mass is 226 g/mol. The van der Waals surface area contributed by atoms with Crippen LogP contribution in [0.4, 0.5) is 0 Å². The van der Waals surface area contributed by atoms with Gasteiger partial charge in [0.2, 0.25) is 5.91 Å². The van der Waals surface area contributed by atoms with Gasteiger partial charge in [0.05, 0.1) is 0 Å². The average Bonchev–Trinajstić information content (AvgIpc) is 2.94. The summed E-state index contributed by atoms with van der Waals surface area (Å²) in [6.07, 6.45) is 4.76. The van der Waals surface area contributed by atoms with Gasteiger partial charge in [-0.3, -0.25) is 4.79 Å². The van der Waals surface area contributed by atoms with E-state index in [2.05, 4.69) is 10.6 Å². The minimum Gasteiger partial charge on any atom is -0.480 e. The molecule has 0 unspecified atom stereocenters. The Morgan fingerprint density at radius 2 is 2.00 bits per heavy atom. The van der Waals surface area contributed by atoms with Crippen LogP contribution in [-0.4, -0.2) is 35.1 Å². The van der Waals surface area contributed by atoms with E-state index in [-0.39, 0.29) is 5.91 Å². The molecular weight excluding hydrogens is 208 g/mol. The van der Waals surface area contributed by atoms with Crippen molar-refractivity contribution in [2.75, 3.05) is 6.54 Å². The lowest BCUT2D eigenvalue weighted by Crippen LogP contribution is -2.59. The number of carboxylic acid groups (broad SMARTS) is 1. The first-order valence-electron chi connectivity index (χ1n) is 5.90. The van der Waals surface area contributed by atoms with Gasteiger partial charge in [-0.25, -0.2) is 4.79 Å². The van der Waals surface area contributed by atoms with Crippen LogP contribution in [0.1, 0.15) is 38.5 Å². The molecule has 2 saturated carbocycles. The molecule has 2 fully saturated rings. The summed E-state index contributed by atoms with van der Waals surface area (Å²) in [5.74, 6) is -1.06. The molecule has 2 aliphatic carbocycles. The number of hydrogen-bond donors (Lipinski definition) is 3. The molecule has 0 bridgehead atoms. The van der Waals surface area contributed by atoms with Crippen LogP contribution in [0, 0.1) is 0 Å². The van der Waals surface area contributed by atoms with Crippen molar-refractivity contribution in [3.63, 3.8) is 0 Å². The molecule has 2 rings (SSSR count). The lowest BCUT2D eigenvalue weighted by molar-refractivity contribution is -0.151. The van der Waals surface area contributed by atoms with Crippen LogP contribution in [0.5, 0.6) is 0 Å². The highest BCUT2D eigenvalue weighted by Crippen LogP contribution is 2.32. The minimum atomic E-state index is -0.962. The third-order valence-electron chi connectivity index (χ3n) is 3.36. The normalized spacial score (nSPS) is 22.2. The summed E-state index contributed by atoms with van der Waals surface area (Å²) in [7, 11) is 0. The van der Waals surface area contributed by atoms with Gasteiger partial charge >= 0.3 is 5.97 Å². The smallest absolute Gasteiger partial charge is 0.329 e. The Morgan fingerprint density at radius 3 is 2.44 bits per heavy atom. The largest absolute Gasteiger partial charge is 0.480 e. The lowest BCUT2D eigenvalue weighted by Gasteiger charge is -2.38. The van der Waals surface area contributed by atoms with Crippen LogP contribution >= 0.6 is 0 Å². The van der Waals surface area contributed by atoms with Crippen LogP contribution in [-0.2, 0) is 9.59 Å². The molecule has 5 nitrogen and oxygen atoms in total. The number of carbonyl (C=O) groups excluding carboxylic acids is 1. The van der Waals surface area contributed by atoms with Crippen molar-refractivity contribution in [3.05, 3.63) is 0 Å². The SMILES string of the molecule is O=C(CCNC1CC1)NC1(C(=O)O)CCC1. The fraction of sp³-hybridized carbons (Fsp3) is 0.818. The number of rotatable bonds is 6. The van der Waals surface area contributed by atoms with Gasteiger partial charge in [0.25, 0.3) is 0 Å². The summed E-state index contributed by atoms with van der Waals surface area (Å²) < 4.78 is 0. The first-order chi connectivity index (χ1) is 7.62. The van der Waals surface area contributed by atoms with Gasteiger partial charge in [0.1, 0.15) is 5.54 Å². The zero-order valence-corrected chi connectivity index (χ0v) is 9.29. The van der Waals surface area contributed by atoms with Crippen LogP contribution in [0.25, 0.3) is 0 Å². The molecular formula is C11H18N2O3. The molecule has 0 spiro atoms. The predicted octanol–water partition coefficient (Wildman–Crippen LogP) is 0.252. The maximum absolute atomic E-state index is 11.5. The van der Waals surface area contributed by atoms with Crippen molar-refractivity contribution in [1.29, 1.82) is 0 Å². The molecule has 3 N–H and O–H groups in total. The van der Waals surface area contributed by atoms with Gasteiger partial charge in [-0.2, -0.15) is 0 Å². The van der Waals surface area contributed by atoms with Gasteiger partial charge in [0, 0.05) is 19.0 Å². The third-order valence-corrected chi connectivity index (χ3v) is 3.36. The van der Waals surface area contributed by atoms with E-state index in [9.17, 15) is 9.59 Å². The first-order valence-corrected chi connectivity index (χ1v) is 5.90. The predicted molar refractivity (Wildman–Crippen MR) is 58.0 cm³/mol. The Hall–Kier alpha value is -1.10. The number of carboxylic acids is 1. The van der Waals surface area contributed by atoms with Crippen molar-refractivity contribution in [3.8, 4) is 0 Å². The number of aliphatic carboxylic acids is 1. The Kier molecular flexibility index (Phi) is 3.14. The van der Waals surface area contributed by atoms with Crippen molar-refractivity contribution < 1.29 is 14.7 Å². The molecule has 0 atom stereocenters. The maximum Gasteiger partial charge on any atom is 0.329 e. The maximum atomic E-state index is 11.5. The molecule has 2 aliphatic rings. The lowest BCUT2D eigenvalue weighted by atomic mass is 9.76. The highest BCUT2D eigenvalue weighted by Gasteiger charge is 2.45. The quantitative estimate of drug-likeness (QED) is 0.606. The van der Waals surface area contributed by atoms with Gasteiger partial charge in [0.15, 0.2) is 0 Å². The molecule has 0 aromatic rings. The Labute approximate surface area is 94.6 Å². The summed E-state index contributed by atoms with van der Waals surface area (Å²) in [6, 6.07) is 0.588.